The van der Waals surface area contributed by atoms with Crippen LogP contribution in [0.5, 0.6) is 11.5 Å². The van der Waals surface area contributed by atoms with E-state index in [0.717, 1.165) is 11.0 Å². The molecular weight excluding hydrogens is 334 g/mol. The Bertz CT molecular complexity index is 918. The normalized spacial score (nSPS) is 10.1. The fourth-order valence-electron chi connectivity index (χ4n) is 2.16. The number of carbonyl (C=O) groups excluding carboxylic acids is 2. The van der Waals surface area contributed by atoms with E-state index in [0.29, 0.717) is 16.9 Å². The molecular formula is C20H18BFO4. The lowest BCUT2D eigenvalue weighted by atomic mass is 9.87. The van der Waals surface area contributed by atoms with Gasteiger partial charge in [0.05, 0.1) is 0 Å². The van der Waals surface area contributed by atoms with Crippen LogP contribution in [0.25, 0.3) is 11.1 Å². The van der Waals surface area contributed by atoms with Gasteiger partial charge in [-0.3, -0.25) is 0 Å². The number of benzene rings is 2. The van der Waals surface area contributed by atoms with Crippen LogP contribution < -0.4 is 14.9 Å². The molecule has 0 unspecified atom stereocenters. The van der Waals surface area contributed by atoms with Crippen LogP contribution in [0.2, 0.25) is 0 Å². The van der Waals surface area contributed by atoms with Crippen LogP contribution in [0.1, 0.15) is 13.8 Å². The van der Waals surface area contributed by atoms with Crippen molar-refractivity contribution in [3.8, 4) is 22.6 Å². The first-order chi connectivity index (χ1) is 12.2. The Morgan fingerprint density at radius 3 is 2.12 bits per heavy atom. The molecule has 132 valence electrons. The van der Waals surface area contributed by atoms with Crippen molar-refractivity contribution in [3.63, 3.8) is 0 Å². The molecule has 0 bridgehead atoms. The van der Waals surface area contributed by atoms with Crippen LogP contribution in [0, 0.1) is 5.82 Å². The summed E-state index contributed by atoms with van der Waals surface area (Å²) in [5.41, 5.74) is 2.64. The fraction of sp³-hybridized carbons (Fsp3) is 0.100. The molecule has 0 radical (unpaired) electrons. The molecule has 4 nitrogen and oxygen atoms in total. The lowest BCUT2D eigenvalue weighted by Crippen LogP contribution is -2.12. The highest BCUT2D eigenvalue weighted by molar-refractivity contribution is 6.36. The van der Waals surface area contributed by atoms with Crippen LogP contribution in [-0.2, 0) is 9.59 Å². The first-order valence-electron chi connectivity index (χ1n) is 7.85. The van der Waals surface area contributed by atoms with Gasteiger partial charge in [-0.1, -0.05) is 30.8 Å². The summed E-state index contributed by atoms with van der Waals surface area (Å²) >= 11 is 0. The zero-order valence-corrected chi connectivity index (χ0v) is 14.9. The van der Waals surface area contributed by atoms with Crippen LogP contribution >= 0.6 is 0 Å². The Labute approximate surface area is 152 Å². The van der Waals surface area contributed by atoms with Crippen molar-refractivity contribution in [1.29, 1.82) is 0 Å². The maximum absolute atomic E-state index is 14.2. The van der Waals surface area contributed by atoms with Gasteiger partial charge in [-0.15, -0.1) is 0 Å². The quantitative estimate of drug-likeness (QED) is 0.359. The zero-order chi connectivity index (χ0) is 19.4. The van der Waals surface area contributed by atoms with Gasteiger partial charge in [0.15, 0.2) is 11.6 Å². The summed E-state index contributed by atoms with van der Waals surface area (Å²) in [5.74, 6) is -1.63. The molecule has 0 aromatic heterocycles. The molecule has 0 fully saturated rings. The van der Waals surface area contributed by atoms with Crippen LogP contribution in [0.3, 0.4) is 0 Å². The average Bonchev–Trinajstić information content (AvgIpc) is 2.56. The van der Waals surface area contributed by atoms with Crippen molar-refractivity contribution >= 4 is 25.2 Å². The second-order valence-electron chi connectivity index (χ2n) is 5.96. The number of halogens is 1. The molecule has 0 N–H and O–H groups in total. The number of esters is 2. The third-order valence-corrected chi connectivity index (χ3v) is 3.55. The van der Waals surface area contributed by atoms with E-state index >= 15 is 0 Å². The van der Waals surface area contributed by atoms with E-state index in [-0.39, 0.29) is 11.3 Å². The van der Waals surface area contributed by atoms with E-state index in [1.54, 1.807) is 31.2 Å². The van der Waals surface area contributed by atoms with E-state index in [4.69, 9.17) is 9.47 Å². The molecule has 0 atom stereocenters. The van der Waals surface area contributed by atoms with Gasteiger partial charge in [0.1, 0.15) is 13.6 Å². The zero-order valence-electron chi connectivity index (χ0n) is 14.9. The lowest BCUT2D eigenvalue weighted by Gasteiger charge is -2.11. The molecule has 0 saturated heterocycles. The molecule has 0 aliphatic carbocycles. The second kappa shape index (κ2) is 7.82. The van der Waals surface area contributed by atoms with Gasteiger partial charge in [0, 0.05) is 11.1 Å². The van der Waals surface area contributed by atoms with Gasteiger partial charge in [0.25, 0.3) is 0 Å². The van der Waals surface area contributed by atoms with Crippen molar-refractivity contribution < 1.29 is 23.5 Å². The third-order valence-electron chi connectivity index (χ3n) is 3.55. The topological polar surface area (TPSA) is 52.6 Å². The molecule has 26 heavy (non-hydrogen) atoms. The molecule has 2 aromatic rings. The first-order valence-corrected chi connectivity index (χ1v) is 7.85. The van der Waals surface area contributed by atoms with Gasteiger partial charge < -0.3 is 9.47 Å². The molecule has 0 spiro atoms. The highest BCUT2D eigenvalue weighted by Gasteiger charge is 2.13. The maximum atomic E-state index is 14.2. The predicted octanol–water partition coefficient (Wildman–Crippen LogP) is 2.71. The monoisotopic (exact) mass is 352 g/mol. The minimum absolute atomic E-state index is 0.161. The molecule has 0 aliphatic heterocycles. The molecule has 0 aliphatic rings. The smallest absolute Gasteiger partial charge is 0.338 e. The minimum Gasteiger partial charge on any atom is -0.423 e. The van der Waals surface area contributed by atoms with Crippen LogP contribution in [0.4, 0.5) is 4.39 Å². The van der Waals surface area contributed by atoms with Gasteiger partial charge >= 0.3 is 11.9 Å². The molecule has 2 rings (SSSR count). The summed E-state index contributed by atoms with van der Waals surface area (Å²) in [4.78, 5) is 23.1. The highest BCUT2D eigenvalue weighted by atomic mass is 19.1. The van der Waals surface area contributed by atoms with Gasteiger partial charge in [-0.25, -0.2) is 14.0 Å². The second-order valence-corrected chi connectivity index (χ2v) is 5.96. The van der Waals surface area contributed by atoms with Gasteiger partial charge in [0.2, 0.25) is 0 Å². The highest BCUT2D eigenvalue weighted by Crippen LogP contribution is 2.26. The Balaban J connectivity index is 2.27. The van der Waals surface area contributed by atoms with Crippen molar-refractivity contribution in [1.82, 2.24) is 0 Å². The van der Waals surface area contributed by atoms with Crippen LogP contribution in [-0.4, -0.2) is 19.8 Å². The van der Waals surface area contributed by atoms with Crippen molar-refractivity contribution in [2.24, 2.45) is 0 Å². The summed E-state index contributed by atoms with van der Waals surface area (Å²) < 4.78 is 24.4. The lowest BCUT2D eigenvalue weighted by molar-refractivity contribution is -0.131. The van der Waals surface area contributed by atoms with E-state index in [2.05, 4.69) is 13.2 Å². The van der Waals surface area contributed by atoms with E-state index < -0.39 is 17.8 Å². The standard InChI is InChI=1S/C20H18BFO4/c1-11(2)19(23)25-14-6-7-15(16(21)10-14)13-5-8-18(17(22)9-13)26-20(24)12(3)4/h5-10H,1,3,21H2,2,4H3. The van der Waals surface area contributed by atoms with Crippen LogP contribution in [0.15, 0.2) is 60.7 Å². The minimum atomic E-state index is -0.684. The number of rotatable bonds is 5. The molecule has 6 heteroatoms. The van der Waals surface area contributed by atoms with Crippen molar-refractivity contribution in [2.45, 2.75) is 13.8 Å². The number of hydrogen-bond donors (Lipinski definition) is 0. The SMILES string of the molecule is Bc1cc(OC(=O)C(=C)C)ccc1-c1ccc(OC(=O)C(=C)C)c(F)c1. The number of hydrogen-bond acceptors (Lipinski definition) is 4. The van der Waals surface area contributed by atoms with E-state index in [9.17, 15) is 14.0 Å². The van der Waals surface area contributed by atoms with Gasteiger partial charge in [-0.2, -0.15) is 0 Å². The average molecular weight is 352 g/mol. The number of carbonyl (C=O) groups is 2. The summed E-state index contributed by atoms with van der Waals surface area (Å²) in [6, 6.07) is 9.35. The maximum Gasteiger partial charge on any atom is 0.338 e. The Kier molecular flexibility index (Phi) is 5.77. The predicted molar refractivity (Wildman–Crippen MR) is 101 cm³/mol. The summed E-state index contributed by atoms with van der Waals surface area (Å²) in [7, 11) is 1.82. The Hall–Kier alpha value is -3.15. The van der Waals surface area contributed by atoms with E-state index in [1.807, 2.05) is 7.85 Å². The molecule has 0 amide bonds. The number of ether oxygens (including phenoxy) is 2. The first kappa shape index (κ1) is 19.2. The molecule has 2 aromatic carbocycles. The van der Waals surface area contributed by atoms with Gasteiger partial charge in [-0.05, 0) is 49.2 Å². The Morgan fingerprint density at radius 1 is 0.962 bits per heavy atom. The summed E-state index contributed by atoms with van der Waals surface area (Å²) in [6.45, 7) is 10.0. The molecule has 0 heterocycles. The Morgan fingerprint density at radius 2 is 1.58 bits per heavy atom. The fourth-order valence-corrected chi connectivity index (χ4v) is 2.16. The van der Waals surface area contributed by atoms with Crippen molar-refractivity contribution in [2.75, 3.05) is 0 Å². The molecule has 0 saturated carbocycles. The summed E-state index contributed by atoms with van der Waals surface area (Å²) in [5, 5.41) is 0. The summed E-state index contributed by atoms with van der Waals surface area (Å²) in [6.07, 6.45) is 0. The van der Waals surface area contributed by atoms with Crippen molar-refractivity contribution in [3.05, 3.63) is 66.5 Å². The largest absolute Gasteiger partial charge is 0.423 e. The third kappa shape index (κ3) is 4.48. The van der Waals surface area contributed by atoms with E-state index in [1.165, 1.54) is 19.1 Å².